The Morgan fingerprint density at radius 3 is 2.48 bits per heavy atom. The minimum atomic E-state index is -4.58. The molecule has 2 N–H and O–H groups in total. The fourth-order valence-corrected chi connectivity index (χ4v) is 4.38. The molecule has 2 aromatic heterocycles. The highest BCUT2D eigenvalue weighted by Gasteiger charge is 2.45. The second-order valence-electron chi connectivity index (χ2n) is 10.3. The number of nitrogens with two attached hydrogens (primary N) is 1. The van der Waals surface area contributed by atoms with Gasteiger partial charge in [0, 0.05) is 18.2 Å². The lowest BCUT2D eigenvalue weighted by molar-refractivity contribution is -0.137. The van der Waals surface area contributed by atoms with Crippen LogP contribution in [0.1, 0.15) is 42.8 Å². The van der Waals surface area contributed by atoms with Crippen LogP contribution in [0.15, 0.2) is 53.2 Å². The lowest BCUT2D eigenvalue weighted by atomic mass is 9.96. The van der Waals surface area contributed by atoms with Crippen molar-refractivity contribution in [2.45, 2.75) is 50.4 Å². The van der Waals surface area contributed by atoms with E-state index < -0.39 is 52.8 Å². The summed E-state index contributed by atoms with van der Waals surface area (Å²) in [5.74, 6) is -6.19. The molecule has 42 heavy (non-hydrogen) atoms. The molecule has 0 bridgehead atoms. The van der Waals surface area contributed by atoms with Gasteiger partial charge in [-0.3, -0.25) is 4.79 Å². The van der Waals surface area contributed by atoms with Crippen LogP contribution in [0.25, 0.3) is 17.1 Å². The van der Waals surface area contributed by atoms with Crippen LogP contribution in [-0.4, -0.2) is 31.9 Å². The summed E-state index contributed by atoms with van der Waals surface area (Å²) in [5.41, 5.74) is 2.84. The number of anilines is 1. The Morgan fingerprint density at radius 1 is 1.17 bits per heavy atom. The summed E-state index contributed by atoms with van der Waals surface area (Å²) in [5, 5.41) is 20.6. The van der Waals surface area contributed by atoms with Gasteiger partial charge in [-0.05, 0) is 43.7 Å². The van der Waals surface area contributed by atoms with Gasteiger partial charge in [0.05, 0.1) is 47.4 Å². The summed E-state index contributed by atoms with van der Waals surface area (Å²) in [6, 6.07) is 7.73. The van der Waals surface area contributed by atoms with Gasteiger partial charge in [-0.25, -0.2) is 17.9 Å². The normalized spacial score (nSPS) is 17.1. The van der Waals surface area contributed by atoms with Gasteiger partial charge in [-0.15, -0.1) is 10.2 Å². The second kappa shape index (κ2) is 9.98. The molecular formula is C27H21F6N7O2. The van der Waals surface area contributed by atoms with Crippen LogP contribution in [0.4, 0.5) is 32.0 Å². The molecule has 0 radical (unpaired) electrons. The van der Waals surface area contributed by atoms with Crippen LogP contribution in [0.3, 0.4) is 0 Å². The smallest absolute Gasteiger partial charge is 0.419 e. The molecule has 0 unspecified atom stereocenters. The van der Waals surface area contributed by atoms with Gasteiger partial charge >= 0.3 is 6.18 Å². The Balaban J connectivity index is 1.54. The maximum Gasteiger partial charge on any atom is 0.419 e. The van der Waals surface area contributed by atoms with Crippen LogP contribution < -0.4 is 10.6 Å². The number of benzene rings is 2. The lowest BCUT2D eigenvalue weighted by Gasteiger charge is -2.25. The average molecular weight is 590 g/mol. The molecule has 4 aromatic rings. The molecule has 1 amide bonds. The quantitative estimate of drug-likeness (QED) is 0.316. The molecule has 0 saturated carbocycles. The van der Waals surface area contributed by atoms with Crippen LogP contribution >= 0.6 is 0 Å². The van der Waals surface area contributed by atoms with E-state index in [1.165, 1.54) is 38.1 Å². The van der Waals surface area contributed by atoms with Crippen molar-refractivity contribution in [3.05, 3.63) is 77.2 Å². The Hall–Kier alpha value is -4.71. The van der Waals surface area contributed by atoms with E-state index in [1.54, 1.807) is 0 Å². The Morgan fingerprint density at radius 2 is 1.86 bits per heavy atom. The number of amides is 1. The van der Waals surface area contributed by atoms with E-state index in [0.29, 0.717) is 17.8 Å². The van der Waals surface area contributed by atoms with Crippen molar-refractivity contribution in [3.63, 3.8) is 0 Å². The predicted octanol–water partition coefficient (Wildman–Crippen LogP) is 5.24. The molecule has 218 valence electrons. The minimum Gasteiger partial charge on any atom is -0.419 e. The summed E-state index contributed by atoms with van der Waals surface area (Å²) < 4.78 is 91.0. The van der Waals surface area contributed by atoms with E-state index in [0.717, 1.165) is 21.8 Å². The monoisotopic (exact) mass is 589 g/mol. The number of halogens is 6. The first-order valence-electron chi connectivity index (χ1n) is 12.4. The summed E-state index contributed by atoms with van der Waals surface area (Å²) in [4.78, 5) is 14.2. The highest BCUT2D eigenvalue weighted by atomic mass is 19.4. The molecule has 2 aromatic carbocycles. The van der Waals surface area contributed by atoms with Crippen molar-refractivity contribution >= 4 is 11.6 Å². The third kappa shape index (κ3) is 5.20. The minimum absolute atomic E-state index is 0.130. The number of nitriles is 1. The summed E-state index contributed by atoms with van der Waals surface area (Å²) in [6.45, 7) is 2.70. The molecule has 5 rings (SSSR count). The van der Waals surface area contributed by atoms with Crippen molar-refractivity contribution in [1.29, 1.82) is 5.26 Å². The van der Waals surface area contributed by atoms with Gasteiger partial charge in [0.1, 0.15) is 11.2 Å². The third-order valence-electron chi connectivity index (χ3n) is 6.75. The highest BCUT2D eigenvalue weighted by molar-refractivity contribution is 5.99. The molecule has 0 saturated heterocycles. The number of nitrogens with zero attached hydrogens (tertiary/aromatic N) is 6. The third-order valence-corrected chi connectivity index (χ3v) is 6.75. The molecule has 0 fully saturated rings. The Labute approximate surface area is 234 Å². The van der Waals surface area contributed by atoms with Crippen molar-refractivity contribution in [2.24, 2.45) is 5.73 Å². The predicted molar refractivity (Wildman–Crippen MR) is 135 cm³/mol. The maximum absolute atomic E-state index is 15.2. The van der Waals surface area contributed by atoms with Gasteiger partial charge in [0.2, 0.25) is 11.8 Å². The molecule has 0 spiro atoms. The Bertz CT molecular complexity index is 1700. The highest BCUT2D eigenvalue weighted by Crippen LogP contribution is 2.45. The van der Waals surface area contributed by atoms with E-state index in [-0.39, 0.29) is 35.3 Å². The number of carbonyl (C=O) groups excluding carboxylic acids is 1. The summed E-state index contributed by atoms with van der Waals surface area (Å²) in [6.07, 6.45) is -4.17. The number of hydrogen-bond donors (Lipinski definition) is 1. The molecular weight excluding hydrogens is 568 g/mol. The van der Waals surface area contributed by atoms with E-state index in [2.05, 4.69) is 15.3 Å². The van der Waals surface area contributed by atoms with Crippen LogP contribution in [0.5, 0.6) is 0 Å². The number of carbonyl (C=O) groups is 1. The number of hydrogen-bond acceptors (Lipinski definition) is 7. The fraction of sp³-hybridized carbons (Fsp3) is 0.296. The number of rotatable bonds is 5. The number of alkyl halides is 5. The Kier molecular flexibility index (Phi) is 6.85. The molecule has 15 heteroatoms. The topological polar surface area (TPSA) is 127 Å². The zero-order valence-corrected chi connectivity index (χ0v) is 22.0. The van der Waals surface area contributed by atoms with E-state index >= 15 is 13.2 Å². The van der Waals surface area contributed by atoms with E-state index in [1.807, 2.05) is 6.07 Å². The van der Waals surface area contributed by atoms with Crippen LogP contribution in [0.2, 0.25) is 0 Å². The first kappa shape index (κ1) is 28.8. The first-order chi connectivity index (χ1) is 19.6. The van der Waals surface area contributed by atoms with Gasteiger partial charge in [0.25, 0.3) is 11.8 Å². The number of fused-ring (bicyclic) bond motifs is 1. The fourth-order valence-electron chi connectivity index (χ4n) is 4.38. The van der Waals surface area contributed by atoms with E-state index in [4.69, 9.17) is 10.2 Å². The van der Waals surface area contributed by atoms with Crippen molar-refractivity contribution in [3.8, 4) is 23.2 Å². The zero-order valence-electron chi connectivity index (χ0n) is 22.0. The van der Waals surface area contributed by atoms with Crippen molar-refractivity contribution in [2.75, 3.05) is 4.90 Å². The maximum atomic E-state index is 15.2. The molecule has 1 atom stereocenters. The van der Waals surface area contributed by atoms with Gasteiger partial charge in [-0.1, -0.05) is 12.1 Å². The molecule has 1 aliphatic heterocycles. The molecule has 9 nitrogen and oxygen atoms in total. The summed E-state index contributed by atoms with van der Waals surface area (Å²) in [7, 11) is 0. The van der Waals surface area contributed by atoms with Gasteiger partial charge in [-0.2, -0.15) is 23.5 Å². The van der Waals surface area contributed by atoms with Gasteiger partial charge in [0.15, 0.2) is 0 Å². The SMILES string of the molecule is CC(C)(C#N)c1nnc(-c2cc3c(cc2F)C(F)(F)C[C@H](N)C(=O)N3Cc2ccc(-n3cc(C(F)(F)F)cn3)cc2)o1. The van der Waals surface area contributed by atoms with Crippen LogP contribution in [-0.2, 0) is 28.9 Å². The van der Waals surface area contributed by atoms with E-state index in [9.17, 15) is 23.2 Å². The largest absolute Gasteiger partial charge is 0.419 e. The van der Waals surface area contributed by atoms with Crippen molar-refractivity contribution in [1.82, 2.24) is 20.0 Å². The molecule has 1 aliphatic rings. The first-order valence-corrected chi connectivity index (χ1v) is 12.4. The van der Waals surface area contributed by atoms with Crippen LogP contribution in [0, 0.1) is 17.1 Å². The van der Waals surface area contributed by atoms with Crippen molar-refractivity contribution < 1.29 is 35.6 Å². The zero-order chi connectivity index (χ0) is 30.6. The molecule has 3 heterocycles. The van der Waals surface area contributed by atoms with Gasteiger partial charge < -0.3 is 15.1 Å². The lowest BCUT2D eigenvalue weighted by Crippen LogP contribution is -2.43. The second-order valence-corrected chi connectivity index (χ2v) is 10.3. The number of aromatic nitrogens is 4. The molecule has 0 aliphatic carbocycles. The average Bonchev–Trinajstić information content (AvgIpc) is 3.61. The summed E-state index contributed by atoms with van der Waals surface area (Å²) >= 11 is 0. The standard InChI is InChI=1S/C27H21F6N7O2/c1-25(2,13-34)24-38-37-22(42-24)17-7-21-18(8-19(17)28)26(29,30)9-20(35)23(41)39(21)11-14-3-5-16(6-4-14)40-12-15(10-36-40)27(31,32)33/h3-8,10,12,20H,9,11,35H2,1-2H3/t20-/m0/s1.